The molecule has 1 aliphatic heterocycles. The number of thioether (sulfide) groups is 1. The molecular formula is C19H29N3O4S. The smallest absolute Gasteiger partial charge is 0.245 e. The minimum absolute atomic E-state index is 0.00113. The van der Waals surface area contributed by atoms with Gasteiger partial charge in [-0.2, -0.15) is 5.26 Å². The topological polar surface area (TPSA) is 99.5 Å². The first-order chi connectivity index (χ1) is 13.0. The summed E-state index contributed by atoms with van der Waals surface area (Å²) in [7, 11) is 0. The first-order valence-electron chi connectivity index (χ1n) is 9.66. The summed E-state index contributed by atoms with van der Waals surface area (Å²) in [6, 6.07) is 1.15. The molecule has 0 unspecified atom stereocenters. The molecule has 1 N–H and O–H groups in total. The Bertz CT molecular complexity index is 584. The average molecular weight is 396 g/mol. The number of carbonyl (C=O) groups is 3. The molecule has 8 heteroatoms. The maximum atomic E-state index is 12.8. The van der Waals surface area contributed by atoms with Crippen LogP contribution in [0.1, 0.15) is 46.0 Å². The van der Waals surface area contributed by atoms with E-state index in [2.05, 4.69) is 5.32 Å². The third kappa shape index (κ3) is 5.94. The van der Waals surface area contributed by atoms with Crippen molar-refractivity contribution < 1.29 is 19.1 Å². The van der Waals surface area contributed by atoms with Crippen molar-refractivity contribution in [1.82, 2.24) is 10.2 Å². The maximum Gasteiger partial charge on any atom is 0.245 e. The van der Waals surface area contributed by atoms with Crippen LogP contribution in [0.5, 0.6) is 0 Å². The molecule has 0 bridgehead atoms. The number of hydrogen-bond acceptors (Lipinski definition) is 6. The summed E-state index contributed by atoms with van der Waals surface area (Å²) in [6.45, 7) is 4.72. The zero-order chi connectivity index (χ0) is 19.8. The van der Waals surface area contributed by atoms with E-state index in [1.54, 1.807) is 4.90 Å². The van der Waals surface area contributed by atoms with Gasteiger partial charge >= 0.3 is 0 Å². The van der Waals surface area contributed by atoms with Crippen LogP contribution in [0.2, 0.25) is 0 Å². The number of ketones is 1. The molecule has 2 amide bonds. The summed E-state index contributed by atoms with van der Waals surface area (Å²) in [6.07, 6.45) is 4.54. The van der Waals surface area contributed by atoms with Crippen LogP contribution in [0.3, 0.4) is 0 Å². The van der Waals surface area contributed by atoms with Crippen LogP contribution in [0, 0.1) is 23.2 Å². The van der Waals surface area contributed by atoms with E-state index in [9.17, 15) is 19.6 Å². The Morgan fingerprint density at radius 2 is 2.00 bits per heavy atom. The fourth-order valence-corrected chi connectivity index (χ4v) is 4.63. The van der Waals surface area contributed by atoms with Crippen molar-refractivity contribution in [3.8, 4) is 6.07 Å². The third-order valence-corrected chi connectivity index (χ3v) is 5.96. The Hall–Kier alpha value is -1.59. The molecule has 0 aromatic rings. The fourth-order valence-electron chi connectivity index (χ4n) is 3.45. The first-order valence-corrected chi connectivity index (χ1v) is 10.8. The van der Waals surface area contributed by atoms with Crippen LogP contribution >= 0.6 is 11.8 Å². The lowest BCUT2D eigenvalue weighted by atomic mass is 9.97. The van der Waals surface area contributed by atoms with E-state index >= 15 is 0 Å². The number of rotatable bonds is 9. The third-order valence-electron chi connectivity index (χ3n) is 4.95. The standard InChI is InChI=1S/C19H29N3O4S/c1-13(2)26-9-5-8-21-18(24)15(10-20)17(23)16-11-27-12-22(16)19(25)14-6-3-4-7-14/h13-16H,3-9,11-12H2,1-2H3,(H,21,24)/t15-,16+/m0/s1. The second kappa shape index (κ2) is 10.7. The predicted octanol–water partition coefficient (Wildman–Crippen LogP) is 1.72. The molecule has 1 aliphatic carbocycles. The van der Waals surface area contributed by atoms with Crippen molar-refractivity contribution >= 4 is 29.4 Å². The number of carbonyl (C=O) groups excluding carboxylic acids is 3. The second-order valence-corrected chi connectivity index (χ2v) is 8.33. The van der Waals surface area contributed by atoms with Gasteiger partial charge in [-0.3, -0.25) is 14.4 Å². The Morgan fingerprint density at radius 3 is 2.63 bits per heavy atom. The van der Waals surface area contributed by atoms with E-state index in [0.29, 0.717) is 31.2 Å². The Labute approximate surface area is 165 Å². The van der Waals surface area contributed by atoms with Crippen LogP contribution < -0.4 is 5.32 Å². The molecule has 150 valence electrons. The highest BCUT2D eigenvalue weighted by molar-refractivity contribution is 7.99. The second-order valence-electron chi connectivity index (χ2n) is 7.33. The van der Waals surface area contributed by atoms with Crippen LogP contribution in [0.25, 0.3) is 0 Å². The number of nitriles is 1. The van der Waals surface area contributed by atoms with Gasteiger partial charge < -0.3 is 15.0 Å². The largest absolute Gasteiger partial charge is 0.379 e. The van der Waals surface area contributed by atoms with Crippen molar-refractivity contribution in [3.63, 3.8) is 0 Å². The summed E-state index contributed by atoms with van der Waals surface area (Å²) >= 11 is 1.50. The van der Waals surface area contributed by atoms with E-state index in [1.807, 2.05) is 19.9 Å². The molecule has 7 nitrogen and oxygen atoms in total. The summed E-state index contributed by atoms with van der Waals surface area (Å²) < 4.78 is 5.40. The lowest BCUT2D eigenvalue weighted by Gasteiger charge is -2.26. The molecule has 0 radical (unpaired) electrons. The average Bonchev–Trinajstić information content (AvgIpc) is 3.32. The number of Topliss-reactive ketones (excluding diaryl/α,β-unsaturated/α-hetero) is 1. The normalized spacial score (nSPS) is 21.3. The fraction of sp³-hybridized carbons (Fsp3) is 0.789. The predicted molar refractivity (Wildman–Crippen MR) is 103 cm³/mol. The van der Waals surface area contributed by atoms with Crippen LogP contribution in [-0.4, -0.2) is 59.4 Å². The SMILES string of the molecule is CC(C)OCCCNC(=O)[C@@H](C#N)C(=O)[C@H]1CSCN1C(=O)C1CCCC1. The first kappa shape index (κ1) is 21.7. The van der Waals surface area contributed by atoms with Gasteiger partial charge in [0.2, 0.25) is 11.8 Å². The molecule has 2 fully saturated rings. The molecule has 2 aliphatic rings. The van der Waals surface area contributed by atoms with Crippen molar-refractivity contribution in [3.05, 3.63) is 0 Å². The number of amides is 2. The summed E-state index contributed by atoms with van der Waals surface area (Å²) in [5.74, 6) is -1.54. The van der Waals surface area contributed by atoms with Gasteiger partial charge in [-0.25, -0.2) is 0 Å². The van der Waals surface area contributed by atoms with Crippen molar-refractivity contribution in [2.75, 3.05) is 24.8 Å². The molecule has 1 saturated carbocycles. The molecule has 2 atom stereocenters. The molecular weight excluding hydrogens is 366 g/mol. The molecule has 0 spiro atoms. The number of hydrogen-bond donors (Lipinski definition) is 1. The Morgan fingerprint density at radius 1 is 1.30 bits per heavy atom. The van der Waals surface area contributed by atoms with Crippen molar-refractivity contribution in [1.29, 1.82) is 5.26 Å². The molecule has 0 aromatic carbocycles. The van der Waals surface area contributed by atoms with Gasteiger partial charge in [-0.05, 0) is 33.1 Å². The van der Waals surface area contributed by atoms with Crippen molar-refractivity contribution in [2.24, 2.45) is 11.8 Å². The van der Waals surface area contributed by atoms with Gasteiger partial charge in [0.05, 0.1) is 18.0 Å². The van der Waals surface area contributed by atoms with E-state index in [0.717, 1.165) is 25.7 Å². The van der Waals surface area contributed by atoms with E-state index in [1.165, 1.54) is 11.8 Å². The van der Waals surface area contributed by atoms with Crippen LogP contribution in [0.15, 0.2) is 0 Å². The zero-order valence-corrected chi connectivity index (χ0v) is 16.9. The quantitative estimate of drug-likeness (QED) is 0.471. The Balaban J connectivity index is 1.89. The Kier molecular flexibility index (Phi) is 8.58. The lowest BCUT2D eigenvalue weighted by Crippen LogP contribution is -2.49. The molecule has 0 aromatic heterocycles. The van der Waals surface area contributed by atoms with Crippen molar-refractivity contribution in [2.45, 2.75) is 58.1 Å². The highest BCUT2D eigenvalue weighted by atomic mass is 32.2. The number of nitrogens with zero attached hydrogens (tertiary/aromatic N) is 2. The van der Waals surface area contributed by atoms with Gasteiger partial charge in [0.1, 0.15) is 6.04 Å². The molecule has 1 heterocycles. The van der Waals surface area contributed by atoms with Crippen LogP contribution in [0.4, 0.5) is 0 Å². The van der Waals surface area contributed by atoms with Crippen LogP contribution in [-0.2, 0) is 19.1 Å². The minimum Gasteiger partial charge on any atom is -0.379 e. The monoisotopic (exact) mass is 395 g/mol. The maximum absolute atomic E-state index is 12.8. The molecule has 2 rings (SSSR count). The summed E-state index contributed by atoms with van der Waals surface area (Å²) in [5.41, 5.74) is 0. The lowest BCUT2D eigenvalue weighted by molar-refractivity contribution is -0.143. The molecule has 1 saturated heterocycles. The van der Waals surface area contributed by atoms with Gasteiger partial charge in [-0.15, -0.1) is 11.8 Å². The molecule has 27 heavy (non-hydrogen) atoms. The van der Waals surface area contributed by atoms with E-state index in [4.69, 9.17) is 4.74 Å². The van der Waals surface area contributed by atoms with Gasteiger partial charge in [0.15, 0.2) is 11.7 Å². The number of ether oxygens (including phenoxy) is 1. The highest BCUT2D eigenvalue weighted by Crippen LogP contribution is 2.31. The highest BCUT2D eigenvalue weighted by Gasteiger charge is 2.42. The van der Waals surface area contributed by atoms with E-state index < -0.39 is 23.7 Å². The van der Waals surface area contributed by atoms with Gasteiger partial charge in [-0.1, -0.05) is 12.8 Å². The van der Waals surface area contributed by atoms with Gasteiger partial charge in [0.25, 0.3) is 0 Å². The zero-order valence-electron chi connectivity index (χ0n) is 16.1. The number of nitrogens with one attached hydrogen (secondary N) is 1. The summed E-state index contributed by atoms with van der Waals surface area (Å²) in [4.78, 5) is 39.4. The van der Waals surface area contributed by atoms with Gasteiger partial charge in [0, 0.05) is 24.8 Å². The minimum atomic E-state index is -1.38. The van der Waals surface area contributed by atoms with E-state index in [-0.39, 0.29) is 17.9 Å². The summed E-state index contributed by atoms with van der Waals surface area (Å²) in [5, 5.41) is 12.0.